The van der Waals surface area contributed by atoms with Crippen LogP contribution in [0.2, 0.25) is 0 Å². The molecule has 0 aliphatic rings. The number of likely N-dealkylation sites (N-methyl/N-ethyl adjacent to an activating group) is 1. The van der Waals surface area contributed by atoms with Crippen molar-refractivity contribution in [3.05, 3.63) is 54.7 Å². The van der Waals surface area contributed by atoms with Crippen LogP contribution in [0.15, 0.2) is 54.7 Å². The number of hydrogen-bond acceptors (Lipinski definition) is 4. The molecular weight excluding hydrogens is 328 g/mol. The molecule has 26 heavy (non-hydrogen) atoms. The molecule has 1 amide bonds. The molecule has 3 aromatic rings. The van der Waals surface area contributed by atoms with Crippen molar-refractivity contribution >= 4 is 16.7 Å². The number of rotatable bonds is 5. The van der Waals surface area contributed by atoms with Gasteiger partial charge in [-0.05, 0) is 53.6 Å². The van der Waals surface area contributed by atoms with Crippen molar-refractivity contribution in [2.24, 2.45) is 0 Å². The molecule has 0 spiro atoms. The van der Waals surface area contributed by atoms with E-state index in [0.717, 1.165) is 21.9 Å². The average molecular weight is 350 g/mol. The van der Waals surface area contributed by atoms with E-state index in [9.17, 15) is 4.79 Å². The fraction of sp³-hybridized carbons (Fsp3) is 0.238. The van der Waals surface area contributed by atoms with E-state index < -0.39 is 6.10 Å². The predicted octanol–water partition coefficient (Wildman–Crippen LogP) is 3.77. The number of amides is 1. The third kappa shape index (κ3) is 3.61. The van der Waals surface area contributed by atoms with Crippen molar-refractivity contribution in [3.63, 3.8) is 0 Å². The van der Waals surface area contributed by atoms with E-state index >= 15 is 0 Å². The number of ether oxygens (including phenoxy) is 2. The lowest BCUT2D eigenvalue weighted by Crippen LogP contribution is -2.35. The van der Waals surface area contributed by atoms with Gasteiger partial charge in [-0.25, -0.2) is 4.98 Å². The summed E-state index contributed by atoms with van der Waals surface area (Å²) in [5.41, 5.74) is 1.98. The fourth-order valence-electron chi connectivity index (χ4n) is 2.86. The summed E-state index contributed by atoms with van der Waals surface area (Å²) in [6, 6.07) is 15.8. The molecule has 0 N–H and O–H groups in total. The maximum atomic E-state index is 12.0. The first kappa shape index (κ1) is 17.7. The second-order valence-electron chi connectivity index (χ2n) is 6.28. The molecule has 2 aromatic carbocycles. The molecule has 0 aliphatic heterocycles. The summed E-state index contributed by atoms with van der Waals surface area (Å²) in [6.07, 6.45) is 1.18. The SMILES string of the molecule is COc1ncccc1-c1ccc2cc(OC(C)C(=O)N(C)C)ccc2c1. The summed E-state index contributed by atoms with van der Waals surface area (Å²) in [7, 11) is 5.06. The van der Waals surface area contributed by atoms with E-state index in [-0.39, 0.29) is 5.91 Å². The van der Waals surface area contributed by atoms with Gasteiger partial charge in [0.25, 0.3) is 5.91 Å². The number of carbonyl (C=O) groups is 1. The van der Waals surface area contributed by atoms with Crippen molar-refractivity contribution in [2.75, 3.05) is 21.2 Å². The van der Waals surface area contributed by atoms with Crippen LogP contribution in [-0.4, -0.2) is 43.1 Å². The summed E-state index contributed by atoms with van der Waals surface area (Å²) in [4.78, 5) is 17.7. The molecule has 0 saturated heterocycles. The van der Waals surface area contributed by atoms with Crippen LogP contribution in [0.4, 0.5) is 0 Å². The number of carbonyl (C=O) groups excluding carboxylic acids is 1. The average Bonchev–Trinajstić information content (AvgIpc) is 2.66. The third-order valence-corrected chi connectivity index (χ3v) is 4.19. The van der Waals surface area contributed by atoms with Crippen molar-refractivity contribution in [2.45, 2.75) is 13.0 Å². The molecule has 0 bridgehead atoms. The Hall–Kier alpha value is -3.08. The van der Waals surface area contributed by atoms with Gasteiger partial charge in [0.1, 0.15) is 5.75 Å². The summed E-state index contributed by atoms with van der Waals surface area (Å²) in [6.45, 7) is 1.75. The minimum atomic E-state index is -0.527. The van der Waals surface area contributed by atoms with E-state index in [2.05, 4.69) is 11.1 Å². The van der Waals surface area contributed by atoms with E-state index in [1.165, 1.54) is 4.90 Å². The lowest BCUT2D eigenvalue weighted by Gasteiger charge is -2.18. The van der Waals surface area contributed by atoms with Gasteiger partial charge in [-0.1, -0.05) is 18.2 Å². The van der Waals surface area contributed by atoms with Crippen LogP contribution in [0.5, 0.6) is 11.6 Å². The Bertz CT molecular complexity index is 937. The normalized spacial score (nSPS) is 11.8. The molecule has 5 heteroatoms. The Kier molecular flexibility index (Phi) is 5.07. The van der Waals surface area contributed by atoms with E-state index in [0.29, 0.717) is 11.6 Å². The number of aromatic nitrogens is 1. The van der Waals surface area contributed by atoms with Gasteiger partial charge < -0.3 is 14.4 Å². The monoisotopic (exact) mass is 350 g/mol. The van der Waals surface area contributed by atoms with Gasteiger partial charge in [0, 0.05) is 25.9 Å². The van der Waals surface area contributed by atoms with Gasteiger partial charge in [0.15, 0.2) is 6.10 Å². The highest BCUT2D eigenvalue weighted by Crippen LogP contribution is 2.31. The number of fused-ring (bicyclic) bond motifs is 1. The molecular formula is C21H22N2O3. The summed E-state index contributed by atoms with van der Waals surface area (Å²) >= 11 is 0. The highest BCUT2D eigenvalue weighted by Gasteiger charge is 2.16. The van der Waals surface area contributed by atoms with Gasteiger partial charge in [-0.3, -0.25) is 4.79 Å². The molecule has 0 fully saturated rings. The molecule has 134 valence electrons. The van der Waals surface area contributed by atoms with Crippen molar-refractivity contribution in [1.82, 2.24) is 9.88 Å². The van der Waals surface area contributed by atoms with Crippen LogP contribution in [-0.2, 0) is 4.79 Å². The smallest absolute Gasteiger partial charge is 0.262 e. The van der Waals surface area contributed by atoms with Gasteiger partial charge in [-0.2, -0.15) is 0 Å². The molecule has 0 aliphatic carbocycles. The fourth-order valence-corrected chi connectivity index (χ4v) is 2.86. The van der Waals surface area contributed by atoms with Crippen LogP contribution < -0.4 is 9.47 Å². The second kappa shape index (κ2) is 7.44. The summed E-state index contributed by atoms with van der Waals surface area (Å²) < 4.78 is 11.1. The van der Waals surface area contributed by atoms with Gasteiger partial charge >= 0.3 is 0 Å². The largest absolute Gasteiger partial charge is 0.481 e. The van der Waals surface area contributed by atoms with Gasteiger partial charge in [-0.15, -0.1) is 0 Å². The quantitative estimate of drug-likeness (QED) is 0.703. The van der Waals surface area contributed by atoms with E-state index in [1.807, 2.05) is 42.5 Å². The number of benzene rings is 2. The van der Waals surface area contributed by atoms with Crippen LogP contribution in [0, 0.1) is 0 Å². The number of pyridine rings is 1. The molecule has 1 unspecified atom stereocenters. The Morgan fingerprint density at radius 2 is 1.81 bits per heavy atom. The van der Waals surface area contributed by atoms with Crippen molar-refractivity contribution in [1.29, 1.82) is 0 Å². The molecule has 1 heterocycles. The highest BCUT2D eigenvalue weighted by molar-refractivity contribution is 5.89. The number of hydrogen-bond donors (Lipinski definition) is 0. The van der Waals surface area contributed by atoms with Gasteiger partial charge in [0.2, 0.25) is 5.88 Å². The van der Waals surface area contributed by atoms with Crippen LogP contribution in [0.3, 0.4) is 0 Å². The second-order valence-corrected chi connectivity index (χ2v) is 6.28. The Morgan fingerprint density at radius 3 is 2.54 bits per heavy atom. The predicted molar refractivity (Wildman–Crippen MR) is 103 cm³/mol. The number of nitrogens with zero attached hydrogens (tertiary/aromatic N) is 2. The lowest BCUT2D eigenvalue weighted by molar-refractivity contribution is -0.135. The molecule has 3 rings (SSSR count). The molecule has 1 aromatic heterocycles. The number of methoxy groups -OCH3 is 1. The summed E-state index contributed by atoms with van der Waals surface area (Å²) in [5.74, 6) is 1.21. The topological polar surface area (TPSA) is 51.7 Å². The Balaban J connectivity index is 1.90. The van der Waals surface area contributed by atoms with Gasteiger partial charge in [0.05, 0.1) is 7.11 Å². The first-order chi connectivity index (χ1) is 12.5. The maximum absolute atomic E-state index is 12.0. The van der Waals surface area contributed by atoms with Crippen LogP contribution in [0.25, 0.3) is 21.9 Å². The van der Waals surface area contributed by atoms with Crippen LogP contribution in [0.1, 0.15) is 6.92 Å². The minimum absolute atomic E-state index is 0.0656. The van der Waals surface area contributed by atoms with E-state index in [4.69, 9.17) is 9.47 Å². The highest BCUT2D eigenvalue weighted by atomic mass is 16.5. The molecule has 1 atom stereocenters. The third-order valence-electron chi connectivity index (χ3n) is 4.19. The Morgan fingerprint density at radius 1 is 1.08 bits per heavy atom. The zero-order valence-corrected chi connectivity index (χ0v) is 15.4. The first-order valence-electron chi connectivity index (χ1n) is 8.40. The van der Waals surface area contributed by atoms with Crippen molar-refractivity contribution < 1.29 is 14.3 Å². The minimum Gasteiger partial charge on any atom is -0.481 e. The van der Waals surface area contributed by atoms with E-state index in [1.54, 1.807) is 34.3 Å². The molecule has 0 saturated carbocycles. The molecule has 5 nitrogen and oxygen atoms in total. The van der Waals surface area contributed by atoms with Crippen LogP contribution >= 0.6 is 0 Å². The standard InChI is InChI=1S/C21H22N2O3/c1-14(21(24)23(2)3)26-18-10-9-15-12-17(8-7-16(15)13-18)19-6-5-11-22-20(19)25-4/h5-14H,1-4H3. The Labute approximate surface area is 153 Å². The maximum Gasteiger partial charge on any atom is 0.262 e. The molecule has 0 radical (unpaired) electrons. The van der Waals surface area contributed by atoms with Crippen molar-refractivity contribution in [3.8, 4) is 22.8 Å². The zero-order valence-electron chi connectivity index (χ0n) is 15.4. The zero-order chi connectivity index (χ0) is 18.7. The summed E-state index contributed by atoms with van der Waals surface area (Å²) in [5, 5.41) is 2.12. The lowest BCUT2D eigenvalue weighted by atomic mass is 10.0. The first-order valence-corrected chi connectivity index (χ1v) is 8.40.